The second-order valence-corrected chi connectivity index (χ2v) is 8.12. The summed E-state index contributed by atoms with van der Waals surface area (Å²) in [5.74, 6) is 0.864. The van der Waals surface area contributed by atoms with Crippen LogP contribution in [0.2, 0.25) is 0 Å². The molecule has 2 unspecified atom stereocenters. The van der Waals surface area contributed by atoms with Crippen molar-refractivity contribution in [3.63, 3.8) is 0 Å². The van der Waals surface area contributed by atoms with Gasteiger partial charge in [0.1, 0.15) is 0 Å². The molecular formula is C13H17BrO2S. The van der Waals surface area contributed by atoms with Gasteiger partial charge in [-0.15, -0.1) is 0 Å². The summed E-state index contributed by atoms with van der Waals surface area (Å²) in [5, 5.41) is 0. The second-order valence-electron chi connectivity index (χ2n) is 4.91. The summed E-state index contributed by atoms with van der Waals surface area (Å²) >= 11 is 3.66. The number of hydrogen-bond donors (Lipinski definition) is 0. The maximum Gasteiger partial charge on any atom is 0.150 e. The Hall–Kier alpha value is -0.350. The lowest BCUT2D eigenvalue weighted by Gasteiger charge is -2.17. The van der Waals surface area contributed by atoms with Crippen LogP contribution in [0.3, 0.4) is 0 Å². The van der Waals surface area contributed by atoms with Crippen molar-refractivity contribution in [3.05, 3.63) is 34.9 Å². The van der Waals surface area contributed by atoms with E-state index in [9.17, 15) is 8.42 Å². The minimum Gasteiger partial charge on any atom is -0.229 e. The molecule has 0 N–H and O–H groups in total. The molecule has 4 heteroatoms. The first-order valence-corrected chi connectivity index (χ1v) is 8.54. The van der Waals surface area contributed by atoms with Gasteiger partial charge in [0, 0.05) is 4.83 Å². The average Bonchev–Trinajstić information content (AvgIpc) is 2.62. The van der Waals surface area contributed by atoms with Crippen molar-refractivity contribution in [1.29, 1.82) is 0 Å². The molecular weight excluding hydrogens is 300 g/mol. The van der Waals surface area contributed by atoms with Crippen molar-refractivity contribution in [2.24, 2.45) is 5.92 Å². The zero-order valence-corrected chi connectivity index (χ0v) is 12.5. The van der Waals surface area contributed by atoms with Gasteiger partial charge in [0.15, 0.2) is 9.84 Å². The zero-order chi connectivity index (χ0) is 12.6. The third kappa shape index (κ3) is 2.91. The number of hydrogen-bond acceptors (Lipinski definition) is 2. The van der Waals surface area contributed by atoms with E-state index in [0.29, 0.717) is 11.5 Å². The molecule has 1 heterocycles. The molecule has 0 radical (unpaired) electrons. The van der Waals surface area contributed by atoms with E-state index in [1.54, 1.807) is 0 Å². The number of sulfone groups is 1. The molecule has 0 amide bonds. The van der Waals surface area contributed by atoms with E-state index in [1.807, 2.05) is 0 Å². The van der Waals surface area contributed by atoms with E-state index < -0.39 is 9.84 Å². The molecule has 1 aromatic rings. The third-order valence-corrected chi connectivity index (χ3v) is 6.60. The summed E-state index contributed by atoms with van der Waals surface area (Å²) < 4.78 is 23.0. The minimum atomic E-state index is -2.80. The van der Waals surface area contributed by atoms with E-state index in [4.69, 9.17) is 0 Å². The van der Waals surface area contributed by atoms with Gasteiger partial charge in [-0.3, -0.25) is 0 Å². The predicted molar refractivity (Wildman–Crippen MR) is 74.3 cm³/mol. The third-order valence-electron chi connectivity index (χ3n) is 3.53. The fourth-order valence-corrected chi connectivity index (χ4v) is 5.09. The number of aryl methyl sites for hydroxylation is 2. The Morgan fingerprint density at radius 3 is 2.53 bits per heavy atom. The second kappa shape index (κ2) is 4.73. The monoisotopic (exact) mass is 316 g/mol. The molecule has 1 aromatic carbocycles. The molecule has 17 heavy (non-hydrogen) atoms. The Labute approximate surface area is 111 Å². The normalized spacial score (nSPS) is 24.8. The fourth-order valence-electron chi connectivity index (χ4n) is 2.26. The Morgan fingerprint density at radius 1 is 1.29 bits per heavy atom. The van der Waals surface area contributed by atoms with Crippen LogP contribution in [0.4, 0.5) is 0 Å². The van der Waals surface area contributed by atoms with Crippen molar-refractivity contribution in [1.82, 2.24) is 0 Å². The van der Waals surface area contributed by atoms with Crippen molar-refractivity contribution in [2.75, 3.05) is 11.5 Å². The van der Waals surface area contributed by atoms with Gasteiger partial charge in [-0.25, -0.2) is 8.42 Å². The van der Waals surface area contributed by atoms with Crippen molar-refractivity contribution in [2.45, 2.75) is 25.1 Å². The van der Waals surface area contributed by atoms with Crippen LogP contribution < -0.4 is 0 Å². The van der Waals surface area contributed by atoms with E-state index in [2.05, 4.69) is 48.0 Å². The molecule has 0 aromatic heterocycles. The van der Waals surface area contributed by atoms with Gasteiger partial charge in [-0.1, -0.05) is 34.1 Å². The molecule has 1 fully saturated rings. The van der Waals surface area contributed by atoms with Crippen LogP contribution in [0.1, 0.15) is 27.9 Å². The van der Waals surface area contributed by atoms with Crippen molar-refractivity contribution < 1.29 is 8.42 Å². The Kier molecular flexibility index (Phi) is 3.64. The van der Waals surface area contributed by atoms with Gasteiger partial charge in [0.2, 0.25) is 0 Å². The first-order valence-electron chi connectivity index (χ1n) is 5.81. The van der Waals surface area contributed by atoms with Crippen LogP contribution in [0, 0.1) is 19.8 Å². The van der Waals surface area contributed by atoms with E-state index in [0.717, 1.165) is 6.42 Å². The highest BCUT2D eigenvalue weighted by Gasteiger charge is 2.33. The summed E-state index contributed by atoms with van der Waals surface area (Å²) in [6.07, 6.45) is 0.769. The van der Waals surface area contributed by atoms with E-state index in [1.165, 1.54) is 16.7 Å². The molecule has 1 aliphatic rings. The van der Waals surface area contributed by atoms with Gasteiger partial charge in [-0.05, 0) is 42.9 Å². The maximum atomic E-state index is 11.5. The molecule has 0 saturated carbocycles. The van der Waals surface area contributed by atoms with Gasteiger partial charge in [0.05, 0.1) is 11.5 Å². The minimum absolute atomic E-state index is 0.152. The Bertz CT molecular complexity index is 522. The van der Waals surface area contributed by atoms with Gasteiger partial charge in [-0.2, -0.15) is 0 Å². The summed E-state index contributed by atoms with van der Waals surface area (Å²) in [7, 11) is -2.80. The molecule has 2 nitrogen and oxygen atoms in total. The SMILES string of the molecule is Cc1ccc(C(Br)C2CCS(=O)(=O)C2)cc1C. The van der Waals surface area contributed by atoms with Gasteiger partial charge < -0.3 is 0 Å². The summed E-state index contributed by atoms with van der Waals surface area (Å²) in [6.45, 7) is 4.17. The highest BCUT2D eigenvalue weighted by Crippen LogP contribution is 2.38. The van der Waals surface area contributed by atoms with Crippen molar-refractivity contribution in [3.8, 4) is 0 Å². The van der Waals surface area contributed by atoms with E-state index >= 15 is 0 Å². The summed E-state index contributed by atoms with van der Waals surface area (Å²) in [5.41, 5.74) is 3.72. The molecule has 2 atom stereocenters. The fraction of sp³-hybridized carbons (Fsp3) is 0.538. The van der Waals surface area contributed by atoms with Crippen LogP contribution in [-0.4, -0.2) is 19.9 Å². The van der Waals surface area contributed by atoms with Crippen LogP contribution in [0.15, 0.2) is 18.2 Å². The van der Waals surface area contributed by atoms with Crippen LogP contribution >= 0.6 is 15.9 Å². The lowest BCUT2D eigenvalue weighted by molar-refractivity contribution is 0.579. The number of alkyl halides is 1. The summed E-state index contributed by atoms with van der Waals surface area (Å²) in [4.78, 5) is 0.152. The van der Waals surface area contributed by atoms with E-state index in [-0.39, 0.29) is 10.7 Å². The van der Waals surface area contributed by atoms with Crippen LogP contribution in [-0.2, 0) is 9.84 Å². The standard InChI is InChI=1S/C13H17BrO2S/c1-9-3-4-11(7-10(9)2)13(14)12-5-6-17(15,16)8-12/h3-4,7,12-13H,5-6,8H2,1-2H3. The molecule has 0 spiro atoms. The topological polar surface area (TPSA) is 34.1 Å². The molecule has 0 aliphatic carbocycles. The lowest BCUT2D eigenvalue weighted by Crippen LogP contribution is -2.10. The average molecular weight is 317 g/mol. The first-order chi connectivity index (χ1) is 7.89. The van der Waals surface area contributed by atoms with Crippen LogP contribution in [0.25, 0.3) is 0 Å². The maximum absolute atomic E-state index is 11.5. The predicted octanol–water partition coefficient (Wildman–Crippen LogP) is 3.17. The van der Waals surface area contributed by atoms with Gasteiger partial charge in [0.25, 0.3) is 0 Å². The Balaban J connectivity index is 2.20. The van der Waals surface area contributed by atoms with Crippen molar-refractivity contribution >= 4 is 25.8 Å². The molecule has 1 saturated heterocycles. The molecule has 0 bridgehead atoms. The molecule has 2 rings (SSSR count). The summed E-state index contributed by atoms with van der Waals surface area (Å²) in [6, 6.07) is 6.34. The number of halogens is 1. The largest absolute Gasteiger partial charge is 0.229 e. The quantitative estimate of drug-likeness (QED) is 0.785. The van der Waals surface area contributed by atoms with Crippen LogP contribution in [0.5, 0.6) is 0 Å². The highest BCUT2D eigenvalue weighted by molar-refractivity contribution is 9.09. The zero-order valence-electron chi connectivity index (χ0n) is 10.1. The number of rotatable bonds is 2. The number of benzene rings is 1. The first kappa shape index (κ1) is 13.1. The highest BCUT2D eigenvalue weighted by atomic mass is 79.9. The lowest BCUT2D eigenvalue weighted by atomic mass is 9.96. The molecule has 1 aliphatic heterocycles. The Morgan fingerprint density at radius 2 is 2.00 bits per heavy atom. The van der Waals surface area contributed by atoms with Gasteiger partial charge >= 0.3 is 0 Å². The molecule has 94 valence electrons. The smallest absolute Gasteiger partial charge is 0.150 e.